The van der Waals surface area contributed by atoms with Gasteiger partial charge in [-0.05, 0) is 41.9 Å². The van der Waals surface area contributed by atoms with E-state index in [1.54, 1.807) is 0 Å². The molecule has 0 aromatic heterocycles. The molecule has 0 radical (unpaired) electrons. The zero-order valence-electron chi connectivity index (χ0n) is 19.5. The van der Waals surface area contributed by atoms with Crippen LogP contribution < -0.4 is 0 Å². The molecule has 2 heteroatoms. The van der Waals surface area contributed by atoms with Gasteiger partial charge in [-0.3, -0.25) is 4.90 Å². The first-order valence-electron chi connectivity index (χ1n) is 11.7. The molecular formula is C29H39NO. The largest absolute Gasteiger partial charge is 0.396 e. The van der Waals surface area contributed by atoms with Crippen molar-refractivity contribution in [1.82, 2.24) is 4.90 Å². The van der Waals surface area contributed by atoms with Gasteiger partial charge in [0.2, 0.25) is 0 Å². The molecule has 166 valence electrons. The molecule has 2 nitrogen and oxygen atoms in total. The Bertz CT molecular complexity index is 807. The Labute approximate surface area is 189 Å². The molecule has 2 aromatic rings. The Kier molecular flexibility index (Phi) is 11.7. The molecule has 0 saturated heterocycles. The zero-order chi connectivity index (χ0) is 22.3. The lowest BCUT2D eigenvalue weighted by Gasteiger charge is -2.36. The molecule has 1 aliphatic rings. The first-order valence-corrected chi connectivity index (χ1v) is 11.7. The lowest BCUT2D eigenvalue weighted by molar-refractivity contribution is 0.107. The molecule has 0 saturated carbocycles. The lowest BCUT2D eigenvalue weighted by atomic mass is 9.92. The normalized spacial score (nSPS) is 17.4. The van der Waals surface area contributed by atoms with Gasteiger partial charge in [-0.15, -0.1) is 0 Å². The summed E-state index contributed by atoms with van der Waals surface area (Å²) in [6.45, 7) is 8.13. The number of hydrogen-bond donors (Lipinski definition) is 1. The Morgan fingerprint density at radius 2 is 1.42 bits per heavy atom. The topological polar surface area (TPSA) is 23.5 Å². The predicted octanol–water partition coefficient (Wildman–Crippen LogP) is 6.59. The van der Waals surface area contributed by atoms with Crippen LogP contribution in [0.5, 0.6) is 0 Å². The third-order valence-corrected chi connectivity index (χ3v) is 5.60. The fourth-order valence-electron chi connectivity index (χ4n) is 3.91. The number of aliphatic hydroxyl groups is 1. The van der Waals surface area contributed by atoms with Crippen molar-refractivity contribution < 1.29 is 5.11 Å². The first kappa shape index (κ1) is 24.8. The summed E-state index contributed by atoms with van der Waals surface area (Å²) in [6, 6.07) is 21.6. The smallest absolute Gasteiger partial charge is 0.0471 e. The maximum absolute atomic E-state index is 10.0. The second-order valence-electron chi connectivity index (χ2n) is 7.93. The quantitative estimate of drug-likeness (QED) is 0.465. The van der Waals surface area contributed by atoms with Crippen molar-refractivity contribution in [3.63, 3.8) is 0 Å². The van der Waals surface area contributed by atoms with Crippen LogP contribution in [0.25, 0.3) is 0 Å². The van der Waals surface area contributed by atoms with Crippen molar-refractivity contribution in [1.29, 1.82) is 0 Å². The van der Waals surface area contributed by atoms with Crippen LogP contribution in [-0.2, 0) is 13.0 Å². The standard InChI is InChI=1S/C27H33NO.C2H6/c1-23(22-29)27(19-24-13-9-5-10-14-24)28(21-26-17-11-6-12-18-26)20-25-15-7-3-2-4-8-16-25;1-2/h2-3,5-6,8-18,23,27,29H,4,7,19-22H2,1H3;1-2H3/b3-2-,16-8-,25-15?;/t23?,27-;/m0./s1. The van der Waals surface area contributed by atoms with Crippen LogP contribution in [0.4, 0.5) is 0 Å². The molecule has 0 amide bonds. The first-order chi connectivity index (χ1) is 15.3. The molecule has 0 spiro atoms. The number of aliphatic hydroxyl groups excluding tert-OH is 1. The maximum atomic E-state index is 10.0. The summed E-state index contributed by atoms with van der Waals surface area (Å²) in [5.41, 5.74) is 3.99. The van der Waals surface area contributed by atoms with E-state index in [4.69, 9.17) is 0 Å². The minimum atomic E-state index is 0.192. The summed E-state index contributed by atoms with van der Waals surface area (Å²) < 4.78 is 0. The van der Waals surface area contributed by atoms with Gasteiger partial charge in [0, 0.05) is 25.7 Å². The summed E-state index contributed by atoms with van der Waals surface area (Å²) in [5, 5.41) is 10.0. The lowest BCUT2D eigenvalue weighted by Crippen LogP contribution is -2.43. The van der Waals surface area contributed by atoms with E-state index in [1.165, 1.54) is 16.7 Å². The molecule has 2 aromatic carbocycles. The molecule has 0 aliphatic heterocycles. The number of nitrogens with zero attached hydrogens (tertiary/aromatic N) is 1. The predicted molar refractivity (Wildman–Crippen MR) is 134 cm³/mol. The van der Waals surface area contributed by atoms with E-state index in [0.717, 1.165) is 32.4 Å². The molecule has 1 N–H and O–H groups in total. The SMILES string of the molecule is CC.CC(CO)[C@H](Cc1ccccc1)N(CC1=CC/C=C\C/C=C\1)Cc1ccccc1. The number of benzene rings is 2. The van der Waals surface area contributed by atoms with Gasteiger partial charge < -0.3 is 5.11 Å². The monoisotopic (exact) mass is 417 g/mol. The van der Waals surface area contributed by atoms with Gasteiger partial charge in [0.05, 0.1) is 0 Å². The Morgan fingerprint density at radius 1 is 0.806 bits per heavy atom. The Balaban J connectivity index is 0.00000166. The van der Waals surface area contributed by atoms with Crippen LogP contribution in [0.3, 0.4) is 0 Å². The molecule has 1 aliphatic carbocycles. The highest BCUT2D eigenvalue weighted by molar-refractivity contribution is 5.25. The van der Waals surface area contributed by atoms with Crippen LogP contribution in [0.2, 0.25) is 0 Å². The summed E-state index contributed by atoms with van der Waals surface area (Å²) in [7, 11) is 0. The highest BCUT2D eigenvalue weighted by Crippen LogP contribution is 2.22. The molecule has 1 unspecified atom stereocenters. The van der Waals surface area contributed by atoms with Crippen molar-refractivity contribution in [2.75, 3.05) is 13.2 Å². The van der Waals surface area contributed by atoms with Gasteiger partial charge in [0.25, 0.3) is 0 Å². The fraction of sp³-hybridized carbons (Fsp3) is 0.379. The highest BCUT2D eigenvalue weighted by atomic mass is 16.3. The van der Waals surface area contributed by atoms with Crippen molar-refractivity contribution in [3.8, 4) is 0 Å². The summed E-state index contributed by atoms with van der Waals surface area (Å²) in [5.74, 6) is 0.192. The van der Waals surface area contributed by atoms with Gasteiger partial charge in [0.1, 0.15) is 0 Å². The Morgan fingerprint density at radius 3 is 2.06 bits per heavy atom. The fourth-order valence-corrected chi connectivity index (χ4v) is 3.91. The molecule has 0 heterocycles. The van der Waals surface area contributed by atoms with Crippen LogP contribution in [0.15, 0.2) is 96.6 Å². The highest BCUT2D eigenvalue weighted by Gasteiger charge is 2.25. The third kappa shape index (κ3) is 8.69. The Hall–Kier alpha value is -2.42. The van der Waals surface area contributed by atoms with E-state index in [2.05, 4.69) is 103 Å². The van der Waals surface area contributed by atoms with Crippen molar-refractivity contribution in [2.24, 2.45) is 5.92 Å². The van der Waals surface area contributed by atoms with E-state index < -0.39 is 0 Å². The number of hydrogen-bond acceptors (Lipinski definition) is 2. The van der Waals surface area contributed by atoms with Crippen LogP contribution in [-0.4, -0.2) is 29.2 Å². The van der Waals surface area contributed by atoms with E-state index in [0.29, 0.717) is 0 Å². The maximum Gasteiger partial charge on any atom is 0.0471 e. The second kappa shape index (κ2) is 14.6. The minimum Gasteiger partial charge on any atom is -0.396 e. The van der Waals surface area contributed by atoms with E-state index in [1.807, 2.05) is 13.8 Å². The van der Waals surface area contributed by atoms with Gasteiger partial charge in [-0.2, -0.15) is 0 Å². The van der Waals surface area contributed by atoms with Gasteiger partial charge in [-0.1, -0.05) is 112 Å². The summed E-state index contributed by atoms with van der Waals surface area (Å²) in [4.78, 5) is 2.55. The van der Waals surface area contributed by atoms with E-state index in [9.17, 15) is 5.11 Å². The van der Waals surface area contributed by atoms with Crippen LogP contribution in [0, 0.1) is 5.92 Å². The molecule has 3 rings (SSSR count). The van der Waals surface area contributed by atoms with Gasteiger partial charge >= 0.3 is 0 Å². The van der Waals surface area contributed by atoms with Crippen LogP contribution >= 0.6 is 0 Å². The van der Waals surface area contributed by atoms with E-state index in [-0.39, 0.29) is 18.6 Å². The van der Waals surface area contributed by atoms with Gasteiger partial charge in [0.15, 0.2) is 0 Å². The zero-order valence-corrected chi connectivity index (χ0v) is 19.5. The van der Waals surface area contributed by atoms with Crippen LogP contribution in [0.1, 0.15) is 44.7 Å². The van der Waals surface area contributed by atoms with E-state index >= 15 is 0 Å². The minimum absolute atomic E-state index is 0.192. The second-order valence-corrected chi connectivity index (χ2v) is 7.93. The van der Waals surface area contributed by atoms with Crippen molar-refractivity contribution >= 4 is 0 Å². The average Bonchev–Trinajstić information content (AvgIpc) is 2.81. The summed E-state index contributed by atoms with van der Waals surface area (Å²) >= 11 is 0. The molecule has 0 bridgehead atoms. The van der Waals surface area contributed by atoms with Gasteiger partial charge in [-0.25, -0.2) is 0 Å². The number of allylic oxidation sites excluding steroid dienone is 4. The van der Waals surface area contributed by atoms with Crippen molar-refractivity contribution in [2.45, 2.75) is 52.6 Å². The third-order valence-electron chi connectivity index (χ3n) is 5.60. The molecule has 0 fully saturated rings. The molecule has 31 heavy (non-hydrogen) atoms. The molecule has 2 atom stereocenters. The summed E-state index contributed by atoms with van der Waals surface area (Å²) in [6.07, 6.45) is 14.2. The average molecular weight is 418 g/mol. The number of rotatable bonds is 9. The van der Waals surface area contributed by atoms with Crippen molar-refractivity contribution in [3.05, 3.63) is 108 Å². The molecular weight excluding hydrogens is 378 g/mol.